The number of hydrogen-bond acceptors (Lipinski definition) is 3. The highest BCUT2D eigenvalue weighted by atomic mass is 35.5. The van der Waals surface area contributed by atoms with Crippen LogP contribution >= 0.6 is 24.8 Å². The van der Waals surface area contributed by atoms with Crippen LogP contribution in [0.2, 0.25) is 0 Å². The molecule has 0 radical (unpaired) electrons. The number of carbonyl (C=O) groups is 1. The van der Waals surface area contributed by atoms with Crippen LogP contribution in [0.1, 0.15) is 35.7 Å². The van der Waals surface area contributed by atoms with Crippen LogP contribution in [0.25, 0.3) is 10.9 Å². The maximum atomic E-state index is 11.2. The van der Waals surface area contributed by atoms with Gasteiger partial charge in [0, 0.05) is 5.39 Å². The van der Waals surface area contributed by atoms with E-state index in [2.05, 4.69) is 29.9 Å². The van der Waals surface area contributed by atoms with Crippen molar-refractivity contribution in [2.24, 2.45) is 11.7 Å². The molecule has 0 saturated carbocycles. The molecular weight excluding hydrogens is 297 g/mol. The molecule has 0 saturated heterocycles. The smallest absolute Gasteiger partial charge is 0.286 e. The van der Waals surface area contributed by atoms with E-state index in [1.54, 1.807) is 0 Å². The Morgan fingerprint density at radius 1 is 1.25 bits per heavy atom. The largest absolute Gasteiger partial charge is 0.363 e. The van der Waals surface area contributed by atoms with Gasteiger partial charge in [-0.15, -0.1) is 24.8 Å². The molecule has 110 valence electrons. The first-order valence-corrected chi connectivity index (χ1v) is 6.04. The zero-order chi connectivity index (χ0) is 13.3. The summed E-state index contributed by atoms with van der Waals surface area (Å²) in [4.78, 5) is 19.7. The molecule has 0 atom stereocenters. The van der Waals surface area contributed by atoms with Crippen molar-refractivity contribution >= 4 is 41.6 Å². The van der Waals surface area contributed by atoms with Gasteiger partial charge in [0.05, 0.1) is 11.2 Å². The van der Waals surface area contributed by atoms with Gasteiger partial charge in [0.15, 0.2) is 0 Å². The second-order valence-corrected chi connectivity index (χ2v) is 4.98. The molecule has 0 unspecified atom stereocenters. The fraction of sp³-hybridized carbons (Fsp3) is 0.357. The summed E-state index contributed by atoms with van der Waals surface area (Å²) >= 11 is 0. The molecule has 2 rings (SSSR count). The van der Waals surface area contributed by atoms with Crippen LogP contribution in [-0.4, -0.2) is 15.9 Å². The van der Waals surface area contributed by atoms with E-state index in [9.17, 15) is 4.79 Å². The number of aryl methyl sites for hydroxylation is 1. The lowest BCUT2D eigenvalue weighted by Crippen LogP contribution is -2.17. The lowest BCUT2D eigenvalue weighted by atomic mass is 10.0. The Labute approximate surface area is 131 Å². The van der Waals surface area contributed by atoms with E-state index in [0.717, 1.165) is 28.6 Å². The van der Waals surface area contributed by atoms with Gasteiger partial charge in [-0.2, -0.15) is 0 Å². The molecule has 0 aliphatic heterocycles. The van der Waals surface area contributed by atoms with Gasteiger partial charge in [0.25, 0.3) is 5.91 Å². The molecular formula is C14H19Cl2N3O. The Hall–Kier alpha value is -1.39. The van der Waals surface area contributed by atoms with Crippen molar-refractivity contribution in [1.82, 2.24) is 9.97 Å². The van der Waals surface area contributed by atoms with E-state index in [1.807, 2.05) is 19.1 Å². The van der Waals surface area contributed by atoms with Crippen molar-refractivity contribution in [3.63, 3.8) is 0 Å². The van der Waals surface area contributed by atoms with Gasteiger partial charge in [-0.1, -0.05) is 25.5 Å². The summed E-state index contributed by atoms with van der Waals surface area (Å²) in [5, 5.41) is 1.01. The number of aromatic nitrogens is 2. The Bertz CT molecular complexity index is 615. The number of fused-ring (bicyclic) bond motifs is 1. The number of amides is 1. The van der Waals surface area contributed by atoms with E-state index in [-0.39, 0.29) is 30.6 Å². The minimum absolute atomic E-state index is 0. The third kappa shape index (κ3) is 4.05. The Morgan fingerprint density at radius 2 is 1.90 bits per heavy atom. The first-order valence-electron chi connectivity index (χ1n) is 6.04. The van der Waals surface area contributed by atoms with Crippen LogP contribution in [0.3, 0.4) is 0 Å². The summed E-state index contributed by atoms with van der Waals surface area (Å²) in [6, 6.07) is 5.93. The average molecular weight is 316 g/mol. The van der Waals surface area contributed by atoms with Gasteiger partial charge in [-0.25, -0.2) is 9.97 Å². The quantitative estimate of drug-likeness (QED) is 0.946. The van der Waals surface area contributed by atoms with Crippen LogP contribution in [0.4, 0.5) is 0 Å². The monoisotopic (exact) mass is 315 g/mol. The van der Waals surface area contributed by atoms with Crippen molar-refractivity contribution in [2.45, 2.75) is 27.2 Å². The predicted molar refractivity (Wildman–Crippen MR) is 85.8 cm³/mol. The second-order valence-electron chi connectivity index (χ2n) is 4.98. The van der Waals surface area contributed by atoms with Crippen molar-refractivity contribution in [1.29, 1.82) is 0 Å². The summed E-state index contributed by atoms with van der Waals surface area (Å²) in [5.41, 5.74) is 8.10. The lowest BCUT2D eigenvalue weighted by molar-refractivity contribution is 0.0990. The van der Waals surface area contributed by atoms with Gasteiger partial charge in [-0.3, -0.25) is 4.79 Å². The van der Waals surface area contributed by atoms with Crippen LogP contribution in [0.15, 0.2) is 18.2 Å². The molecule has 0 bridgehead atoms. The van der Waals surface area contributed by atoms with Gasteiger partial charge in [0.2, 0.25) is 5.82 Å². The normalized spacial score (nSPS) is 10.0. The van der Waals surface area contributed by atoms with E-state index in [1.165, 1.54) is 0 Å². The molecule has 2 aromatic rings. The Morgan fingerprint density at radius 3 is 2.45 bits per heavy atom. The molecule has 1 aromatic heterocycles. The van der Waals surface area contributed by atoms with Crippen molar-refractivity contribution < 1.29 is 4.79 Å². The predicted octanol–water partition coefficient (Wildman–Crippen LogP) is 3.08. The van der Waals surface area contributed by atoms with Crippen molar-refractivity contribution in [3.8, 4) is 0 Å². The summed E-state index contributed by atoms with van der Waals surface area (Å²) in [6.07, 6.45) is 0.808. The minimum Gasteiger partial charge on any atom is -0.363 e. The highest BCUT2D eigenvalue weighted by molar-refractivity contribution is 5.92. The first-order chi connectivity index (χ1) is 8.47. The van der Waals surface area contributed by atoms with Gasteiger partial charge < -0.3 is 5.73 Å². The molecule has 1 aromatic carbocycles. The van der Waals surface area contributed by atoms with Crippen LogP contribution in [0, 0.1) is 12.8 Å². The summed E-state index contributed by atoms with van der Waals surface area (Å²) in [6.45, 7) is 6.27. The SMILES string of the molecule is Cc1ccc2nc(C(N)=O)nc(CC(C)C)c2c1.Cl.Cl. The molecule has 2 N–H and O–H groups in total. The summed E-state index contributed by atoms with van der Waals surface area (Å²) in [7, 11) is 0. The summed E-state index contributed by atoms with van der Waals surface area (Å²) in [5.74, 6) is -0.0196. The number of primary amides is 1. The maximum Gasteiger partial charge on any atom is 0.286 e. The van der Waals surface area contributed by atoms with E-state index >= 15 is 0 Å². The Kier molecular flexibility index (Phi) is 6.89. The minimum atomic E-state index is -0.581. The van der Waals surface area contributed by atoms with E-state index in [0.29, 0.717) is 5.92 Å². The van der Waals surface area contributed by atoms with Crippen molar-refractivity contribution in [2.75, 3.05) is 0 Å². The zero-order valence-electron chi connectivity index (χ0n) is 11.7. The van der Waals surface area contributed by atoms with Gasteiger partial charge >= 0.3 is 0 Å². The highest BCUT2D eigenvalue weighted by Crippen LogP contribution is 2.20. The van der Waals surface area contributed by atoms with Gasteiger partial charge in [-0.05, 0) is 31.4 Å². The first kappa shape index (κ1) is 18.6. The Balaban J connectivity index is 0.00000180. The lowest BCUT2D eigenvalue weighted by Gasteiger charge is -2.09. The molecule has 0 aliphatic carbocycles. The topological polar surface area (TPSA) is 68.9 Å². The molecule has 6 heteroatoms. The van der Waals surface area contributed by atoms with Gasteiger partial charge in [0.1, 0.15) is 0 Å². The second kappa shape index (κ2) is 7.41. The standard InChI is InChI=1S/C14H17N3O.2ClH/c1-8(2)6-12-10-7-9(3)4-5-11(10)16-14(17-12)13(15)18;;/h4-5,7-8H,6H2,1-3H3,(H2,15,18);2*1H. The summed E-state index contributed by atoms with van der Waals surface area (Å²) < 4.78 is 0. The zero-order valence-corrected chi connectivity index (χ0v) is 13.3. The molecule has 0 aliphatic rings. The molecule has 0 fully saturated rings. The van der Waals surface area contributed by atoms with E-state index in [4.69, 9.17) is 5.73 Å². The van der Waals surface area contributed by atoms with Crippen molar-refractivity contribution in [3.05, 3.63) is 35.3 Å². The number of nitrogens with two attached hydrogens (primary N) is 1. The molecule has 4 nitrogen and oxygen atoms in total. The number of nitrogens with zero attached hydrogens (tertiary/aromatic N) is 2. The number of benzene rings is 1. The maximum absolute atomic E-state index is 11.2. The fourth-order valence-electron chi connectivity index (χ4n) is 1.96. The fourth-order valence-corrected chi connectivity index (χ4v) is 1.96. The molecule has 20 heavy (non-hydrogen) atoms. The highest BCUT2D eigenvalue weighted by Gasteiger charge is 2.12. The molecule has 0 spiro atoms. The van der Waals surface area contributed by atoms with Crippen LogP contribution < -0.4 is 5.73 Å². The van der Waals surface area contributed by atoms with Crippen LogP contribution in [0.5, 0.6) is 0 Å². The third-order valence-electron chi connectivity index (χ3n) is 2.75. The number of carbonyl (C=O) groups excluding carboxylic acids is 1. The molecule has 1 amide bonds. The average Bonchev–Trinajstić information content (AvgIpc) is 2.28. The third-order valence-corrected chi connectivity index (χ3v) is 2.75. The van der Waals surface area contributed by atoms with Crippen LogP contribution in [-0.2, 0) is 6.42 Å². The van der Waals surface area contributed by atoms with E-state index < -0.39 is 5.91 Å². The number of hydrogen-bond donors (Lipinski definition) is 1. The number of rotatable bonds is 3. The number of halogens is 2. The molecule has 1 heterocycles.